The SMILES string of the molecule is COC(=O)Cc1cc(OC(F)(F)F)[nH]c(=O)c1CBr. The van der Waals surface area contributed by atoms with E-state index in [1.165, 1.54) is 0 Å². The van der Waals surface area contributed by atoms with Crippen LogP contribution in [0.2, 0.25) is 0 Å². The fraction of sp³-hybridized carbons (Fsp3) is 0.400. The normalized spacial score (nSPS) is 11.2. The van der Waals surface area contributed by atoms with Crippen molar-refractivity contribution in [3.63, 3.8) is 0 Å². The third-order valence-corrected chi connectivity index (χ3v) is 2.69. The Hall–Kier alpha value is -1.51. The highest BCUT2D eigenvalue weighted by Gasteiger charge is 2.32. The summed E-state index contributed by atoms with van der Waals surface area (Å²) in [7, 11) is 1.14. The molecular weight excluding hydrogens is 335 g/mol. The van der Waals surface area contributed by atoms with Crippen LogP contribution in [0.15, 0.2) is 10.9 Å². The Morgan fingerprint density at radius 3 is 2.58 bits per heavy atom. The largest absolute Gasteiger partial charge is 0.574 e. The van der Waals surface area contributed by atoms with E-state index in [1.807, 2.05) is 4.98 Å². The standard InChI is InChI=1S/C10H9BrF3NO4/c1-18-8(16)3-5-2-7(19-10(12,13)14)15-9(17)6(5)4-11/h2H,3-4H2,1H3,(H,15,17). The van der Waals surface area contributed by atoms with Crippen LogP contribution < -0.4 is 10.3 Å². The molecule has 0 amide bonds. The van der Waals surface area contributed by atoms with Gasteiger partial charge in [0.05, 0.1) is 13.5 Å². The van der Waals surface area contributed by atoms with E-state index in [0.29, 0.717) is 0 Å². The maximum Gasteiger partial charge on any atom is 0.574 e. The second-order valence-electron chi connectivity index (χ2n) is 3.40. The number of halogens is 4. The van der Waals surface area contributed by atoms with Gasteiger partial charge in [0.25, 0.3) is 5.56 Å². The fourth-order valence-corrected chi connectivity index (χ4v) is 1.94. The van der Waals surface area contributed by atoms with Gasteiger partial charge >= 0.3 is 12.3 Å². The van der Waals surface area contributed by atoms with Crippen molar-refractivity contribution in [2.24, 2.45) is 0 Å². The summed E-state index contributed by atoms with van der Waals surface area (Å²) in [5.41, 5.74) is -0.524. The van der Waals surface area contributed by atoms with Gasteiger partial charge in [-0.05, 0) is 5.56 Å². The summed E-state index contributed by atoms with van der Waals surface area (Å²) in [6, 6.07) is 0.947. The Balaban J connectivity index is 3.18. The minimum absolute atomic E-state index is 0.0843. The molecule has 0 spiro atoms. The van der Waals surface area contributed by atoms with Crippen LogP contribution in [-0.4, -0.2) is 24.4 Å². The monoisotopic (exact) mass is 343 g/mol. The van der Waals surface area contributed by atoms with Crippen LogP contribution in [0.3, 0.4) is 0 Å². The number of H-pyrrole nitrogens is 1. The first kappa shape index (κ1) is 15.5. The summed E-state index contributed by atoms with van der Waals surface area (Å²) in [5.74, 6) is -1.45. The Bertz CT molecular complexity index is 526. The molecule has 0 aliphatic heterocycles. The average molecular weight is 344 g/mol. The molecule has 106 valence electrons. The van der Waals surface area contributed by atoms with E-state index in [0.717, 1.165) is 13.2 Å². The molecule has 0 saturated heterocycles. The molecule has 1 rings (SSSR count). The minimum atomic E-state index is -4.93. The van der Waals surface area contributed by atoms with E-state index in [2.05, 4.69) is 25.4 Å². The van der Waals surface area contributed by atoms with E-state index in [9.17, 15) is 22.8 Å². The predicted octanol–water partition coefficient (Wildman–Crippen LogP) is 1.88. The van der Waals surface area contributed by atoms with Crippen LogP contribution in [-0.2, 0) is 21.3 Å². The number of aromatic amines is 1. The zero-order valence-electron chi connectivity index (χ0n) is 9.64. The lowest BCUT2D eigenvalue weighted by Crippen LogP contribution is -2.23. The summed E-state index contributed by atoms with van der Waals surface area (Å²) in [5, 5.41) is 0.0843. The number of nitrogens with one attached hydrogen (secondary N) is 1. The van der Waals surface area contributed by atoms with Crippen LogP contribution in [0.25, 0.3) is 0 Å². The molecule has 0 saturated carbocycles. The van der Waals surface area contributed by atoms with E-state index < -0.39 is 23.8 Å². The number of carbonyl (C=O) groups is 1. The van der Waals surface area contributed by atoms with E-state index in [-0.39, 0.29) is 22.9 Å². The van der Waals surface area contributed by atoms with Gasteiger partial charge in [0.2, 0.25) is 5.88 Å². The Labute approximate surface area is 113 Å². The number of esters is 1. The molecule has 0 aromatic carbocycles. The maximum atomic E-state index is 12.1. The van der Waals surface area contributed by atoms with Gasteiger partial charge in [-0.3, -0.25) is 14.6 Å². The number of hydrogen-bond donors (Lipinski definition) is 1. The molecule has 9 heteroatoms. The fourth-order valence-electron chi connectivity index (χ4n) is 1.33. The number of rotatable bonds is 4. The molecular formula is C10H9BrF3NO4. The van der Waals surface area contributed by atoms with E-state index in [4.69, 9.17) is 0 Å². The Morgan fingerprint density at radius 1 is 1.47 bits per heavy atom. The van der Waals surface area contributed by atoms with Crippen LogP contribution in [0.5, 0.6) is 5.88 Å². The van der Waals surface area contributed by atoms with Gasteiger partial charge in [-0.15, -0.1) is 13.2 Å². The minimum Gasteiger partial charge on any atom is -0.469 e. The van der Waals surface area contributed by atoms with Crippen LogP contribution in [0, 0.1) is 0 Å². The number of hydrogen-bond acceptors (Lipinski definition) is 4. The van der Waals surface area contributed by atoms with Crippen molar-refractivity contribution in [1.29, 1.82) is 0 Å². The summed E-state index contributed by atoms with van der Waals surface area (Å²) in [6.45, 7) is 0. The van der Waals surface area contributed by atoms with Crippen LogP contribution in [0.4, 0.5) is 13.2 Å². The second kappa shape index (κ2) is 6.09. The summed E-state index contributed by atoms with van der Waals surface area (Å²) in [4.78, 5) is 24.6. The molecule has 0 bridgehead atoms. The van der Waals surface area contributed by atoms with Crippen molar-refractivity contribution in [2.45, 2.75) is 18.1 Å². The van der Waals surface area contributed by atoms with Crippen molar-refractivity contribution >= 4 is 21.9 Å². The third-order valence-electron chi connectivity index (χ3n) is 2.13. The zero-order chi connectivity index (χ0) is 14.6. The van der Waals surface area contributed by atoms with E-state index in [1.54, 1.807) is 0 Å². The number of pyridine rings is 1. The topological polar surface area (TPSA) is 68.4 Å². The highest BCUT2D eigenvalue weighted by molar-refractivity contribution is 9.08. The number of methoxy groups -OCH3 is 1. The van der Waals surface area contributed by atoms with Crippen molar-refractivity contribution in [1.82, 2.24) is 4.98 Å². The molecule has 19 heavy (non-hydrogen) atoms. The first-order chi connectivity index (χ1) is 8.76. The summed E-state index contributed by atoms with van der Waals surface area (Å²) < 4.78 is 44.2. The first-order valence-corrected chi connectivity index (χ1v) is 6.02. The van der Waals surface area contributed by atoms with Gasteiger partial charge in [0.15, 0.2) is 0 Å². The molecule has 1 aromatic rings. The van der Waals surface area contributed by atoms with Crippen molar-refractivity contribution in [2.75, 3.05) is 7.11 Å². The zero-order valence-corrected chi connectivity index (χ0v) is 11.2. The number of alkyl halides is 4. The summed E-state index contributed by atoms with van der Waals surface area (Å²) >= 11 is 3.02. The molecule has 0 aliphatic rings. The molecule has 1 N–H and O–H groups in total. The quantitative estimate of drug-likeness (QED) is 0.669. The number of carbonyl (C=O) groups excluding carboxylic acids is 1. The molecule has 0 radical (unpaired) electrons. The van der Waals surface area contributed by atoms with Crippen LogP contribution in [0.1, 0.15) is 11.1 Å². The van der Waals surface area contributed by atoms with Gasteiger partial charge in [0.1, 0.15) is 0 Å². The molecule has 1 heterocycles. The van der Waals surface area contributed by atoms with Gasteiger partial charge < -0.3 is 9.47 Å². The third kappa shape index (κ3) is 4.58. The highest BCUT2D eigenvalue weighted by atomic mass is 79.9. The highest BCUT2D eigenvalue weighted by Crippen LogP contribution is 2.22. The number of ether oxygens (including phenoxy) is 2. The van der Waals surface area contributed by atoms with Gasteiger partial charge in [-0.1, -0.05) is 15.9 Å². The van der Waals surface area contributed by atoms with Gasteiger partial charge in [-0.25, -0.2) is 0 Å². The van der Waals surface area contributed by atoms with Crippen molar-refractivity contribution in [3.8, 4) is 5.88 Å². The Kier molecular flexibility index (Phi) is 4.98. The molecule has 5 nitrogen and oxygen atoms in total. The lowest BCUT2D eigenvalue weighted by Gasteiger charge is -2.11. The number of aromatic nitrogens is 1. The van der Waals surface area contributed by atoms with Crippen LogP contribution >= 0.6 is 15.9 Å². The maximum absolute atomic E-state index is 12.1. The predicted molar refractivity (Wildman–Crippen MR) is 62.1 cm³/mol. The van der Waals surface area contributed by atoms with E-state index >= 15 is 0 Å². The van der Waals surface area contributed by atoms with Crippen molar-refractivity contribution in [3.05, 3.63) is 27.5 Å². The lowest BCUT2D eigenvalue weighted by molar-refractivity contribution is -0.276. The molecule has 0 atom stereocenters. The Morgan fingerprint density at radius 2 is 2.11 bits per heavy atom. The molecule has 1 aromatic heterocycles. The van der Waals surface area contributed by atoms with Crippen molar-refractivity contribution < 1.29 is 27.4 Å². The summed E-state index contributed by atoms with van der Waals surface area (Å²) in [6.07, 6.45) is -5.25. The smallest absolute Gasteiger partial charge is 0.469 e. The van der Waals surface area contributed by atoms with Gasteiger partial charge in [-0.2, -0.15) is 0 Å². The molecule has 0 unspecified atom stereocenters. The average Bonchev–Trinajstić information content (AvgIpc) is 2.26. The van der Waals surface area contributed by atoms with Gasteiger partial charge in [0, 0.05) is 17.0 Å². The lowest BCUT2D eigenvalue weighted by atomic mass is 10.1. The molecule has 0 aliphatic carbocycles. The first-order valence-electron chi connectivity index (χ1n) is 4.90. The second-order valence-corrected chi connectivity index (χ2v) is 3.96. The molecule has 0 fully saturated rings.